The maximum atomic E-state index is 11.0. The lowest BCUT2D eigenvalue weighted by Crippen LogP contribution is -2.12. The molecule has 0 saturated heterocycles. The molecule has 0 aromatic heterocycles. The molecule has 0 spiro atoms. The third kappa shape index (κ3) is 2.93. The van der Waals surface area contributed by atoms with Crippen LogP contribution in [0.1, 0.15) is 5.56 Å². The van der Waals surface area contributed by atoms with Crippen LogP contribution in [-0.4, -0.2) is 20.1 Å². The SMILES string of the molecule is COc1cc(Cl)c(/C=C(\C#N)C(N)=O)cc1OC. The molecule has 0 radical (unpaired) electrons. The number of carbonyl (C=O) groups excluding carboxylic acids is 1. The number of primary amides is 1. The molecule has 1 rings (SSSR count). The third-order valence-corrected chi connectivity index (χ3v) is 2.52. The van der Waals surface area contributed by atoms with Gasteiger partial charge in [0.1, 0.15) is 11.6 Å². The van der Waals surface area contributed by atoms with Crippen molar-refractivity contribution < 1.29 is 14.3 Å². The summed E-state index contributed by atoms with van der Waals surface area (Å²) < 4.78 is 10.2. The van der Waals surface area contributed by atoms with Crippen molar-refractivity contribution in [2.24, 2.45) is 5.73 Å². The lowest BCUT2D eigenvalue weighted by atomic mass is 10.1. The van der Waals surface area contributed by atoms with Gasteiger partial charge in [0.2, 0.25) is 0 Å². The van der Waals surface area contributed by atoms with E-state index in [9.17, 15) is 4.79 Å². The zero-order chi connectivity index (χ0) is 13.7. The van der Waals surface area contributed by atoms with Crippen molar-refractivity contribution in [3.8, 4) is 17.6 Å². The van der Waals surface area contributed by atoms with E-state index in [0.717, 1.165) is 0 Å². The first kappa shape index (κ1) is 13.9. The Morgan fingerprint density at radius 3 is 2.39 bits per heavy atom. The second kappa shape index (κ2) is 5.94. The first-order valence-corrected chi connectivity index (χ1v) is 5.24. The predicted octanol–water partition coefficient (Wildman–Crippen LogP) is 1.75. The van der Waals surface area contributed by atoms with Crippen molar-refractivity contribution in [3.05, 3.63) is 28.3 Å². The minimum atomic E-state index is -0.816. The van der Waals surface area contributed by atoms with E-state index in [2.05, 4.69) is 0 Å². The molecule has 1 aromatic rings. The van der Waals surface area contributed by atoms with Crippen LogP contribution in [0.25, 0.3) is 6.08 Å². The van der Waals surface area contributed by atoms with Crippen LogP contribution in [0.2, 0.25) is 5.02 Å². The van der Waals surface area contributed by atoms with Gasteiger partial charge in [-0.05, 0) is 17.7 Å². The fourth-order valence-corrected chi connectivity index (χ4v) is 1.50. The van der Waals surface area contributed by atoms with E-state index in [0.29, 0.717) is 22.1 Å². The number of amides is 1. The second-order valence-corrected chi connectivity index (χ2v) is 3.67. The van der Waals surface area contributed by atoms with Crippen molar-refractivity contribution in [1.82, 2.24) is 0 Å². The molecule has 94 valence electrons. The van der Waals surface area contributed by atoms with Gasteiger partial charge in [0.15, 0.2) is 11.5 Å². The number of hydrogen-bond acceptors (Lipinski definition) is 4. The second-order valence-electron chi connectivity index (χ2n) is 3.26. The highest BCUT2D eigenvalue weighted by atomic mass is 35.5. The first-order valence-electron chi connectivity index (χ1n) is 4.86. The summed E-state index contributed by atoms with van der Waals surface area (Å²) >= 11 is 6.00. The van der Waals surface area contributed by atoms with Gasteiger partial charge >= 0.3 is 0 Å². The van der Waals surface area contributed by atoms with Gasteiger partial charge in [-0.15, -0.1) is 0 Å². The van der Waals surface area contributed by atoms with E-state index in [1.807, 2.05) is 0 Å². The van der Waals surface area contributed by atoms with Crippen LogP contribution in [0.4, 0.5) is 0 Å². The molecule has 5 nitrogen and oxygen atoms in total. The molecule has 0 fully saturated rings. The van der Waals surface area contributed by atoms with Crippen molar-refractivity contribution in [1.29, 1.82) is 5.26 Å². The number of carbonyl (C=O) groups is 1. The van der Waals surface area contributed by atoms with Crippen molar-refractivity contribution >= 4 is 23.6 Å². The van der Waals surface area contributed by atoms with Crippen molar-refractivity contribution in [2.75, 3.05) is 14.2 Å². The topological polar surface area (TPSA) is 85.3 Å². The molecular formula is C12H11ClN2O3. The lowest BCUT2D eigenvalue weighted by molar-refractivity contribution is -0.114. The van der Waals surface area contributed by atoms with Gasteiger partial charge in [-0.3, -0.25) is 4.79 Å². The lowest BCUT2D eigenvalue weighted by Gasteiger charge is -2.09. The van der Waals surface area contributed by atoms with Crippen LogP contribution in [0.15, 0.2) is 17.7 Å². The quantitative estimate of drug-likeness (QED) is 0.664. The molecule has 0 unspecified atom stereocenters. The molecule has 0 bridgehead atoms. The molecule has 0 aliphatic carbocycles. The molecule has 6 heteroatoms. The molecule has 18 heavy (non-hydrogen) atoms. The Labute approximate surface area is 109 Å². The van der Waals surface area contributed by atoms with E-state index in [4.69, 9.17) is 32.1 Å². The number of halogens is 1. The minimum absolute atomic E-state index is 0.191. The van der Waals surface area contributed by atoms with E-state index in [1.54, 1.807) is 12.1 Å². The monoisotopic (exact) mass is 266 g/mol. The first-order chi connectivity index (χ1) is 8.53. The number of benzene rings is 1. The predicted molar refractivity (Wildman–Crippen MR) is 67.3 cm³/mol. The Balaban J connectivity index is 3.35. The van der Waals surface area contributed by atoms with Crippen LogP contribution in [0, 0.1) is 11.3 Å². The van der Waals surface area contributed by atoms with Gasteiger partial charge in [0, 0.05) is 6.07 Å². The number of methoxy groups -OCH3 is 2. The summed E-state index contributed by atoms with van der Waals surface area (Å²) in [5, 5.41) is 9.08. The number of nitrogens with zero attached hydrogens (tertiary/aromatic N) is 1. The summed E-state index contributed by atoms with van der Waals surface area (Å²) in [6.07, 6.45) is 1.30. The number of nitriles is 1. The van der Waals surface area contributed by atoms with E-state index in [-0.39, 0.29) is 5.57 Å². The van der Waals surface area contributed by atoms with Gasteiger partial charge in [0.25, 0.3) is 5.91 Å². The van der Waals surface area contributed by atoms with Gasteiger partial charge in [-0.2, -0.15) is 5.26 Å². The number of nitrogens with two attached hydrogens (primary N) is 1. The average Bonchev–Trinajstić information content (AvgIpc) is 2.36. The Kier molecular flexibility index (Phi) is 4.58. The molecule has 2 N–H and O–H groups in total. The Hall–Kier alpha value is -2.19. The van der Waals surface area contributed by atoms with Crippen molar-refractivity contribution in [3.63, 3.8) is 0 Å². The summed E-state index contributed by atoms with van der Waals surface area (Å²) in [6.45, 7) is 0. The molecule has 0 atom stereocenters. The fourth-order valence-electron chi connectivity index (χ4n) is 1.29. The molecule has 1 aromatic carbocycles. The van der Waals surface area contributed by atoms with Gasteiger partial charge in [-0.1, -0.05) is 11.6 Å². The molecule has 0 saturated carbocycles. The number of hydrogen-bond donors (Lipinski definition) is 1. The molecule has 0 aliphatic rings. The van der Waals surface area contributed by atoms with Crippen molar-refractivity contribution in [2.45, 2.75) is 0 Å². The highest BCUT2D eigenvalue weighted by Crippen LogP contribution is 2.34. The fraction of sp³-hybridized carbons (Fsp3) is 0.167. The van der Waals surface area contributed by atoms with E-state index < -0.39 is 5.91 Å². The summed E-state index contributed by atoms with van der Waals surface area (Å²) in [4.78, 5) is 11.0. The smallest absolute Gasteiger partial charge is 0.259 e. The highest BCUT2D eigenvalue weighted by Gasteiger charge is 2.11. The zero-order valence-corrected chi connectivity index (χ0v) is 10.6. The van der Waals surface area contributed by atoms with Crippen LogP contribution >= 0.6 is 11.6 Å². The Morgan fingerprint density at radius 1 is 1.39 bits per heavy atom. The summed E-state index contributed by atoms with van der Waals surface area (Å²) in [7, 11) is 2.95. The molecular weight excluding hydrogens is 256 g/mol. The number of ether oxygens (including phenoxy) is 2. The minimum Gasteiger partial charge on any atom is -0.493 e. The van der Waals surface area contributed by atoms with Crippen LogP contribution in [0.3, 0.4) is 0 Å². The number of rotatable bonds is 4. The molecule has 0 heterocycles. The van der Waals surface area contributed by atoms with Crippen LogP contribution in [-0.2, 0) is 4.79 Å². The standard InChI is InChI=1S/C12H11ClN2O3/c1-17-10-4-7(3-8(6-14)12(15)16)9(13)5-11(10)18-2/h3-5H,1-2H3,(H2,15,16)/b8-3+. The van der Waals surface area contributed by atoms with E-state index >= 15 is 0 Å². The Bertz CT molecular complexity index is 547. The van der Waals surface area contributed by atoms with Gasteiger partial charge in [-0.25, -0.2) is 0 Å². The maximum Gasteiger partial charge on any atom is 0.259 e. The van der Waals surface area contributed by atoms with Crippen LogP contribution in [0.5, 0.6) is 11.5 Å². The molecule has 0 aliphatic heterocycles. The summed E-state index contributed by atoms with van der Waals surface area (Å²) in [6, 6.07) is 4.79. The van der Waals surface area contributed by atoms with Crippen LogP contribution < -0.4 is 15.2 Å². The Morgan fingerprint density at radius 2 is 1.94 bits per heavy atom. The zero-order valence-electron chi connectivity index (χ0n) is 9.86. The van der Waals surface area contributed by atoms with Gasteiger partial charge < -0.3 is 15.2 Å². The average molecular weight is 267 g/mol. The largest absolute Gasteiger partial charge is 0.493 e. The maximum absolute atomic E-state index is 11.0. The van der Waals surface area contributed by atoms with Gasteiger partial charge in [0.05, 0.1) is 19.2 Å². The summed E-state index contributed by atoms with van der Waals surface area (Å²) in [5.74, 6) is 0.0792. The molecule has 1 amide bonds. The highest BCUT2D eigenvalue weighted by molar-refractivity contribution is 6.32. The summed E-state index contributed by atoms with van der Waals surface area (Å²) in [5.41, 5.74) is 5.30. The normalized spacial score (nSPS) is 10.7. The third-order valence-electron chi connectivity index (χ3n) is 2.19. The van der Waals surface area contributed by atoms with E-state index in [1.165, 1.54) is 26.4 Å².